The maximum Gasteiger partial charge on any atom is 0.238 e. The predicted molar refractivity (Wildman–Crippen MR) is 46.4 cm³/mol. The molecule has 1 aliphatic rings. The molecule has 0 unspecified atom stereocenters. The van der Waals surface area contributed by atoms with Gasteiger partial charge in [-0.15, -0.1) is 0 Å². The second-order valence-electron chi connectivity index (χ2n) is 2.89. The van der Waals surface area contributed by atoms with Gasteiger partial charge in [-0.3, -0.25) is 0 Å². The van der Waals surface area contributed by atoms with Crippen molar-refractivity contribution >= 4 is 0 Å². The standard InChI is InChI=1S/C5H12N2.C3H6F2/c6-5-1-3-7-4-2-5;1-2-3(4)5/h5,7H,1-4,6H2;3H,2H2,1H3. The SMILES string of the molecule is CCC(F)F.NC1CCNCC1. The molecule has 3 N–H and O–H groups in total. The Morgan fingerprint density at radius 1 is 1.42 bits per heavy atom. The molecule has 0 atom stereocenters. The van der Waals surface area contributed by atoms with Crippen molar-refractivity contribution < 1.29 is 8.78 Å². The van der Waals surface area contributed by atoms with Gasteiger partial charge in [-0.2, -0.15) is 0 Å². The molecule has 1 rings (SSSR count). The summed E-state index contributed by atoms with van der Waals surface area (Å²) in [6.07, 6.45) is 0.162. The Bertz CT molecular complexity index is 93.1. The summed E-state index contributed by atoms with van der Waals surface area (Å²) in [6.45, 7) is 3.67. The Morgan fingerprint density at radius 2 is 1.83 bits per heavy atom. The maximum atomic E-state index is 10.8. The highest BCUT2D eigenvalue weighted by Gasteiger charge is 2.05. The minimum atomic E-state index is -2.12. The van der Waals surface area contributed by atoms with E-state index in [0.717, 1.165) is 25.9 Å². The van der Waals surface area contributed by atoms with Crippen LogP contribution < -0.4 is 11.1 Å². The summed E-state index contributed by atoms with van der Waals surface area (Å²) in [5, 5.41) is 3.24. The Labute approximate surface area is 72.5 Å². The van der Waals surface area contributed by atoms with E-state index in [9.17, 15) is 8.78 Å². The molecule has 0 saturated carbocycles. The molecule has 0 aromatic carbocycles. The molecule has 0 aromatic heterocycles. The van der Waals surface area contributed by atoms with Gasteiger partial charge in [0.1, 0.15) is 0 Å². The summed E-state index contributed by atoms with van der Waals surface area (Å²) in [7, 11) is 0. The number of hydrogen-bond donors (Lipinski definition) is 2. The lowest BCUT2D eigenvalue weighted by Crippen LogP contribution is -2.35. The summed E-state index contributed by atoms with van der Waals surface area (Å²) < 4.78 is 21.5. The predicted octanol–water partition coefficient (Wildman–Crippen LogP) is 1.36. The molecule has 2 nitrogen and oxygen atoms in total. The van der Waals surface area contributed by atoms with E-state index >= 15 is 0 Å². The third-order valence-electron chi connectivity index (χ3n) is 1.69. The monoisotopic (exact) mass is 180 g/mol. The summed E-state index contributed by atoms with van der Waals surface area (Å²) in [6, 6.07) is 0.473. The Kier molecular flexibility index (Phi) is 7.29. The first-order valence-corrected chi connectivity index (χ1v) is 4.41. The van der Waals surface area contributed by atoms with Crippen LogP contribution in [0.4, 0.5) is 8.78 Å². The molecule has 0 radical (unpaired) electrons. The van der Waals surface area contributed by atoms with Gasteiger partial charge < -0.3 is 11.1 Å². The van der Waals surface area contributed by atoms with Gasteiger partial charge >= 0.3 is 0 Å². The largest absolute Gasteiger partial charge is 0.328 e. The number of nitrogens with one attached hydrogen (secondary N) is 1. The van der Waals surface area contributed by atoms with Gasteiger partial charge in [-0.1, -0.05) is 6.92 Å². The van der Waals surface area contributed by atoms with E-state index in [2.05, 4.69) is 5.32 Å². The number of rotatable bonds is 1. The van der Waals surface area contributed by atoms with Gasteiger partial charge in [0, 0.05) is 12.5 Å². The van der Waals surface area contributed by atoms with E-state index in [1.807, 2.05) is 0 Å². The lowest BCUT2D eigenvalue weighted by molar-refractivity contribution is 0.144. The quantitative estimate of drug-likeness (QED) is 0.639. The van der Waals surface area contributed by atoms with Crippen LogP contribution in [0.15, 0.2) is 0 Å². The van der Waals surface area contributed by atoms with Gasteiger partial charge in [0.2, 0.25) is 6.43 Å². The van der Waals surface area contributed by atoms with Crippen LogP contribution in [0.1, 0.15) is 26.2 Å². The number of halogens is 2. The molecule has 0 bridgehead atoms. The van der Waals surface area contributed by atoms with Gasteiger partial charge in [-0.25, -0.2) is 8.78 Å². The third kappa shape index (κ3) is 7.88. The van der Waals surface area contributed by atoms with Gasteiger partial charge in [0.15, 0.2) is 0 Å². The fourth-order valence-electron chi connectivity index (χ4n) is 0.844. The smallest absolute Gasteiger partial charge is 0.238 e. The molecule has 0 aliphatic carbocycles. The van der Waals surface area contributed by atoms with Crippen LogP contribution in [-0.2, 0) is 0 Å². The highest BCUT2D eigenvalue weighted by atomic mass is 19.3. The molecule has 12 heavy (non-hydrogen) atoms. The van der Waals surface area contributed by atoms with E-state index in [1.54, 1.807) is 0 Å². The molecule has 1 fully saturated rings. The van der Waals surface area contributed by atoms with Crippen molar-refractivity contribution in [1.82, 2.24) is 5.32 Å². The van der Waals surface area contributed by atoms with Gasteiger partial charge in [0.25, 0.3) is 0 Å². The van der Waals surface area contributed by atoms with E-state index in [4.69, 9.17) is 5.73 Å². The highest BCUT2D eigenvalue weighted by Crippen LogP contribution is 1.96. The number of piperidine rings is 1. The molecule has 0 aromatic rings. The number of alkyl halides is 2. The molecule has 1 saturated heterocycles. The summed E-state index contributed by atoms with van der Waals surface area (Å²) in [4.78, 5) is 0. The fraction of sp³-hybridized carbons (Fsp3) is 1.00. The Hall–Kier alpha value is -0.220. The number of nitrogens with two attached hydrogens (primary N) is 1. The van der Waals surface area contributed by atoms with Crippen molar-refractivity contribution in [2.75, 3.05) is 13.1 Å². The topological polar surface area (TPSA) is 38.0 Å². The highest BCUT2D eigenvalue weighted by molar-refractivity contribution is 4.69. The average Bonchev–Trinajstić information content (AvgIpc) is 2.07. The maximum absolute atomic E-state index is 10.8. The Morgan fingerprint density at radius 3 is 2.00 bits per heavy atom. The lowest BCUT2D eigenvalue weighted by Gasteiger charge is -2.17. The first kappa shape index (κ1) is 11.8. The van der Waals surface area contributed by atoms with Crippen LogP contribution in [0.25, 0.3) is 0 Å². The minimum absolute atomic E-state index is 0.0278. The van der Waals surface area contributed by atoms with E-state index in [-0.39, 0.29) is 6.42 Å². The zero-order valence-electron chi connectivity index (χ0n) is 7.52. The second-order valence-corrected chi connectivity index (χ2v) is 2.89. The zero-order valence-corrected chi connectivity index (χ0v) is 7.52. The van der Waals surface area contributed by atoms with Crippen LogP contribution in [0.2, 0.25) is 0 Å². The normalized spacial score (nSPS) is 18.8. The molecule has 0 spiro atoms. The average molecular weight is 180 g/mol. The minimum Gasteiger partial charge on any atom is -0.328 e. The van der Waals surface area contributed by atoms with E-state index < -0.39 is 6.43 Å². The van der Waals surface area contributed by atoms with Crippen LogP contribution in [0, 0.1) is 0 Å². The second kappa shape index (κ2) is 7.43. The molecular weight excluding hydrogens is 162 g/mol. The van der Waals surface area contributed by atoms with E-state index in [1.165, 1.54) is 6.92 Å². The molecule has 4 heteroatoms. The van der Waals surface area contributed by atoms with Crippen molar-refractivity contribution in [3.63, 3.8) is 0 Å². The van der Waals surface area contributed by atoms with Crippen LogP contribution in [-0.4, -0.2) is 25.6 Å². The summed E-state index contributed by atoms with van der Waals surface area (Å²) >= 11 is 0. The van der Waals surface area contributed by atoms with Crippen molar-refractivity contribution in [3.8, 4) is 0 Å². The number of hydrogen-bond acceptors (Lipinski definition) is 2. The molecule has 74 valence electrons. The summed E-state index contributed by atoms with van der Waals surface area (Å²) in [5.41, 5.74) is 5.59. The molecular formula is C8H18F2N2. The molecule has 1 aliphatic heterocycles. The molecule has 1 heterocycles. The zero-order chi connectivity index (χ0) is 9.40. The van der Waals surface area contributed by atoms with Crippen LogP contribution in [0.3, 0.4) is 0 Å². The first-order valence-electron chi connectivity index (χ1n) is 4.41. The van der Waals surface area contributed by atoms with Gasteiger partial charge in [-0.05, 0) is 25.9 Å². The molecule has 0 amide bonds. The summed E-state index contributed by atoms with van der Waals surface area (Å²) in [5.74, 6) is 0. The van der Waals surface area contributed by atoms with Crippen molar-refractivity contribution in [3.05, 3.63) is 0 Å². The lowest BCUT2D eigenvalue weighted by atomic mass is 10.1. The van der Waals surface area contributed by atoms with Crippen LogP contribution in [0.5, 0.6) is 0 Å². The fourth-order valence-corrected chi connectivity index (χ4v) is 0.844. The van der Waals surface area contributed by atoms with Crippen molar-refractivity contribution in [2.45, 2.75) is 38.7 Å². The van der Waals surface area contributed by atoms with Crippen LogP contribution >= 0.6 is 0 Å². The van der Waals surface area contributed by atoms with Crippen molar-refractivity contribution in [2.24, 2.45) is 5.73 Å². The third-order valence-corrected chi connectivity index (χ3v) is 1.69. The Balaban J connectivity index is 0.000000217. The van der Waals surface area contributed by atoms with Gasteiger partial charge in [0.05, 0.1) is 0 Å². The van der Waals surface area contributed by atoms with E-state index in [0.29, 0.717) is 6.04 Å². The first-order chi connectivity index (χ1) is 5.66. The van der Waals surface area contributed by atoms with Crippen molar-refractivity contribution in [1.29, 1.82) is 0 Å².